The second-order valence-electron chi connectivity index (χ2n) is 4.25. The molecule has 0 aliphatic carbocycles. The van der Waals surface area contributed by atoms with E-state index in [2.05, 4.69) is 15.3 Å². The fraction of sp³-hybridized carbons (Fsp3) is 0.500. The highest BCUT2D eigenvalue weighted by atomic mass is 35.5. The molecule has 1 aliphatic rings. The Balaban J connectivity index is 1.77. The molecule has 0 saturated carbocycles. The third-order valence-corrected chi connectivity index (χ3v) is 3.32. The normalized spacial score (nSPS) is 16.3. The topological polar surface area (TPSA) is 75.8 Å². The Hall–Kier alpha value is -1.24. The number of halogens is 2. The molecule has 0 radical (unpaired) electrons. The number of morpholine rings is 1. The predicted octanol–water partition coefficient (Wildman–Crippen LogP) is 1.45. The molecule has 0 bridgehead atoms. The smallest absolute Gasteiger partial charge is 0.191 e. The van der Waals surface area contributed by atoms with Gasteiger partial charge in [-0.2, -0.15) is 0 Å². The highest BCUT2D eigenvalue weighted by Gasteiger charge is 2.11. The van der Waals surface area contributed by atoms with Crippen LogP contribution in [-0.4, -0.2) is 55.2 Å². The summed E-state index contributed by atoms with van der Waals surface area (Å²) in [6.07, 6.45) is 1.54. The zero-order valence-electron chi connectivity index (χ0n) is 11.0. The van der Waals surface area contributed by atoms with Crippen LogP contribution in [0.1, 0.15) is 0 Å². The van der Waals surface area contributed by atoms with Crippen LogP contribution in [0.2, 0.25) is 10.0 Å². The number of rotatable bonds is 4. The number of pyridine rings is 1. The standard InChI is InChI=1S/C12H17Cl2N5O/c13-9-7-10(14)11(18-8-9)16-1-2-17-12(15)19-3-5-20-6-4-19/h7-8H,1-6H2,(H2,15,17)(H,16,18). The van der Waals surface area contributed by atoms with Crippen molar-refractivity contribution in [3.8, 4) is 0 Å². The van der Waals surface area contributed by atoms with Crippen molar-refractivity contribution in [1.82, 2.24) is 9.88 Å². The lowest BCUT2D eigenvalue weighted by Gasteiger charge is -2.27. The van der Waals surface area contributed by atoms with Crippen LogP contribution in [0.25, 0.3) is 0 Å². The van der Waals surface area contributed by atoms with E-state index in [0.29, 0.717) is 48.1 Å². The fourth-order valence-electron chi connectivity index (χ4n) is 1.78. The summed E-state index contributed by atoms with van der Waals surface area (Å²) in [4.78, 5) is 10.4. The molecular formula is C12H17Cl2N5O. The molecule has 110 valence electrons. The molecule has 8 heteroatoms. The Kier molecular flexibility index (Phi) is 5.70. The molecule has 1 aromatic rings. The number of ether oxygens (including phenoxy) is 1. The lowest BCUT2D eigenvalue weighted by atomic mass is 10.4. The zero-order valence-corrected chi connectivity index (χ0v) is 12.5. The van der Waals surface area contributed by atoms with Gasteiger partial charge in [0.2, 0.25) is 0 Å². The third kappa shape index (κ3) is 4.40. The van der Waals surface area contributed by atoms with Crippen molar-refractivity contribution >= 4 is 35.0 Å². The van der Waals surface area contributed by atoms with E-state index in [9.17, 15) is 0 Å². The van der Waals surface area contributed by atoms with Gasteiger partial charge in [-0.15, -0.1) is 0 Å². The van der Waals surface area contributed by atoms with Crippen molar-refractivity contribution in [2.24, 2.45) is 10.7 Å². The number of aliphatic imine (C=N–C) groups is 1. The predicted molar refractivity (Wildman–Crippen MR) is 81.6 cm³/mol. The zero-order chi connectivity index (χ0) is 14.4. The molecular weight excluding hydrogens is 301 g/mol. The maximum Gasteiger partial charge on any atom is 0.191 e. The molecule has 2 heterocycles. The van der Waals surface area contributed by atoms with Crippen LogP contribution in [0.15, 0.2) is 17.3 Å². The molecule has 2 rings (SSSR count). The second-order valence-corrected chi connectivity index (χ2v) is 5.09. The van der Waals surface area contributed by atoms with Crippen molar-refractivity contribution in [2.75, 3.05) is 44.7 Å². The molecule has 3 N–H and O–H groups in total. The summed E-state index contributed by atoms with van der Waals surface area (Å²) in [5.74, 6) is 1.14. The molecule has 0 spiro atoms. The van der Waals surface area contributed by atoms with E-state index >= 15 is 0 Å². The molecule has 1 fully saturated rings. The van der Waals surface area contributed by atoms with E-state index in [1.165, 1.54) is 0 Å². The number of nitrogens with two attached hydrogens (primary N) is 1. The molecule has 6 nitrogen and oxygen atoms in total. The first-order valence-electron chi connectivity index (χ1n) is 6.34. The number of aromatic nitrogens is 1. The van der Waals surface area contributed by atoms with Crippen LogP contribution in [0.3, 0.4) is 0 Å². The van der Waals surface area contributed by atoms with E-state index in [-0.39, 0.29) is 0 Å². The lowest BCUT2D eigenvalue weighted by molar-refractivity contribution is 0.0674. The van der Waals surface area contributed by atoms with Gasteiger partial charge in [0.25, 0.3) is 0 Å². The van der Waals surface area contributed by atoms with Crippen LogP contribution in [-0.2, 0) is 4.74 Å². The molecule has 0 unspecified atom stereocenters. The van der Waals surface area contributed by atoms with Gasteiger partial charge in [0.15, 0.2) is 5.96 Å². The number of nitrogens with zero attached hydrogens (tertiary/aromatic N) is 3. The molecule has 1 aromatic heterocycles. The second kappa shape index (κ2) is 7.52. The minimum absolute atomic E-state index is 0.489. The largest absolute Gasteiger partial charge is 0.378 e. The first-order valence-corrected chi connectivity index (χ1v) is 7.10. The van der Waals surface area contributed by atoms with Crippen LogP contribution in [0, 0.1) is 0 Å². The number of anilines is 1. The van der Waals surface area contributed by atoms with Crippen LogP contribution in [0.4, 0.5) is 5.82 Å². The van der Waals surface area contributed by atoms with Gasteiger partial charge in [0.1, 0.15) is 5.82 Å². The van der Waals surface area contributed by atoms with Crippen LogP contribution < -0.4 is 11.1 Å². The third-order valence-electron chi connectivity index (χ3n) is 2.82. The fourth-order valence-corrected chi connectivity index (χ4v) is 2.23. The maximum atomic E-state index is 6.00. The first kappa shape index (κ1) is 15.2. The summed E-state index contributed by atoms with van der Waals surface area (Å²) in [7, 11) is 0. The van der Waals surface area contributed by atoms with E-state index in [4.69, 9.17) is 33.7 Å². The summed E-state index contributed by atoms with van der Waals surface area (Å²) in [6, 6.07) is 1.64. The van der Waals surface area contributed by atoms with Crippen LogP contribution in [0.5, 0.6) is 0 Å². The average molecular weight is 318 g/mol. The monoisotopic (exact) mass is 317 g/mol. The summed E-state index contributed by atoms with van der Waals surface area (Å²) in [6.45, 7) is 4.10. The van der Waals surface area contributed by atoms with E-state index in [0.717, 1.165) is 13.1 Å². The summed E-state index contributed by atoms with van der Waals surface area (Å²) in [5.41, 5.74) is 5.91. The highest BCUT2D eigenvalue weighted by molar-refractivity contribution is 6.35. The number of guanidine groups is 1. The minimum atomic E-state index is 0.489. The SMILES string of the molecule is NC(=NCCNc1ncc(Cl)cc1Cl)N1CCOCC1. The quantitative estimate of drug-likeness (QED) is 0.499. The van der Waals surface area contributed by atoms with Gasteiger partial charge in [-0.25, -0.2) is 4.98 Å². The van der Waals surface area contributed by atoms with E-state index in [1.807, 2.05) is 4.90 Å². The molecule has 0 aromatic carbocycles. The van der Waals surface area contributed by atoms with Crippen molar-refractivity contribution in [1.29, 1.82) is 0 Å². The summed E-state index contributed by atoms with van der Waals surface area (Å²) < 4.78 is 5.26. The van der Waals surface area contributed by atoms with Gasteiger partial charge in [-0.1, -0.05) is 23.2 Å². The number of nitrogens with one attached hydrogen (secondary N) is 1. The molecule has 1 saturated heterocycles. The Bertz CT molecular complexity index is 477. The van der Waals surface area contributed by atoms with Crippen molar-refractivity contribution in [3.05, 3.63) is 22.3 Å². The Morgan fingerprint density at radius 3 is 2.90 bits per heavy atom. The van der Waals surface area contributed by atoms with Gasteiger partial charge in [0.05, 0.1) is 29.8 Å². The van der Waals surface area contributed by atoms with Crippen molar-refractivity contribution < 1.29 is 4.74 Å². The van der Waals surface area contributed by atoms with Gasteiger partial charge >= 0.3 is 0 Å². The van der Waals surface area contributed by atoms with Crippen LogP contribution >= 0.6 is 23.2 Å². The van der Waals surface area contributed by atoms with Crippen molar-refractivity contribution in [2.45, 2.75) is 0 Å². The molecule has 20 heavy (non-hydrogen) atoms. The van der Waals surface area contributed by atoms with Gasteiger partial charge in [-0.3, -0.25) is 4.99 Å². The lowest BCUT2D eigenvalue weighted by Crippen LogP contribution is -2.45. The Morgan fingerprint density at radius 1 is 1.45 bits per heavy atom. The van der Waals surface area contributed by atoms with Gasteiger partial charge in [0, 0.05) is 25.8 Å². The number of hydrogen-bond donors (Lipinski definition) is 2. The van der Waals surface area contributed by atoms with E-state index < -0.39 is 0 Å². The Labute approximate surface area is 127 Å². The number of hydrogen-bond acceptors (Lipinski definition) is 4. The first-order chi connectivity index (χ1) is 9.66. The van der Waals surface area contributed by atoms with Crippen molar-refractivity contribution in [3.63, 3.8) is 0 Å². The summed E-state index contributed by atoms with van der Waals surface area (Å²) >= 11 is 11.8. The van der Waals surface area contributed by atoms with Gasteiger partial charge in [-0.05, 0) is 6.07 Å². The molecule has 0 amide bonds. The summed E-state index contributed by atoms with van der Waals surface area (Å²) in [5, 5.41) is 4.09. The molecule has 0 atom stereocenters. The minimum Gasteiger partial charge on any atom is -0.378 e. The Morgan fingerprint density at radius 2 is 2.20 bits per heavy atom. The molecule has 1 aliphatic heterocycles. The average Bonchev–Trinajstić information content (AvgIpc) is 2.46. The maximum absolute atomic E-state index is 6.00. The van der Waals surface area contributed by atoms with E-state index in [1.54, 1.807) is 12.3 Å². The highest BCUT2D eigenvalue weighted by Crippen LogP contribution is 2.22. The van der Waals surface area contributed by atoms with Gasteiger partial charge < -0.3 is 20.7 Å².